The lowest BCUT2D eigenvalue weighted by atomic mass is 10.1. The van der Waals surface area contributed by atoms with Crippen molar-refractivity contribution in [3.63, 3.8) is 0 Å². The summed E-state index contributed by atoms with van der Waals surface area (Å²) >= 11 is 0. The summed E-state index contributed by atoms with van der Waals surface area (Å²) in [5.74, 6) is -1.39. The van der Waals surface area contributed by atoms with Crippen LogP contribution in [0.3, 0.4) is 0 Å². The highest BCUT2D eigenvalue weighted by Crippen LogP contribution is 2.24. The Morgan fingerprint density at radius 2 is 2.24 bits per heavy atom. The van der Waals surface area contributed by atoms with Gasteiger partial charge in [-0.05, 0) is 12.5 Å². The molecule has 0 radical (unpaired) electrons. The smallest absolute Gasteiger partial charge is 0.337 e. The first kappa shape index (κ1) is 13.6. The van der Waals surface area contributed by atoms with E-state index in [2.05, 4.69) is 6.07 Å². The van der Waals surface area contributed by atoms with Crippen molar-refractivity contribution in [1.82, 2.24) is 9.47 Å². The fourth-order valence-electron chi connectivity index (χ4n) is 2.90. The van der Waals surface area contributed by atoms with Gasteiger partial charge in [-0.15, -0.1) is 0 Å². The molecule has 21 heavy (non-hydrogen) atoms. The largest absolute Gasteiger partial charge is 0.478 e. The van der Waals surface area contributed by atoms with E-state index in [4.69, 9.17) is 10.00 Å². The zero-order chi connectivity index (χ0) is 15.0. The zero-order valence-electron chi connectivity index (χ0n) is 11.4. The van der Waals surface area contributed by atoms with Crippen molar-refractivity contribution in [3.8, 4) is 6.07 Å². The van der Waals surface area contributed by atoms with Gasteiger partial charge in [-0.25, -0.2) is 4.79 Å². The van der Waals surface area contributed by atoms with Crippen molar-refractivity contribution in [2.75, 3.05) is 19.7 Å². The van der Waals surface area contributed by atoms with Gasteiger partial charge >= 0.3 is 5.97 Å². The summed E-state index contributed by atoms with van der Waals surface area (Å²) in [5.41, 5.74) is 1.03. The van der Waals surface area contributed by atoms with Crippen molar-refractivity contribution in [3.05, 3.63) is 23.0 Å². The van der Waals surface area contributed by atoms with Gasteiger partial charge in [0, 0.05) is 19.6 Å². The minimum atomic E-state index is -1.06. The number of carboxylic acid groups (broad SMARTS) is 1. The second-order valence-electron chi connectivity index (χ2n) is 5.27. The lowest BCUT2D eigenvalue weighted by molar-refractivity contribution is 0.0648. The second-order valence-corrected chi connectivity index (χ2v) is 5.27. The van der Waals surface area contributed by atoms with E-state index in [-0.39, 0.29) is 24.0 Å². The van der Waals surface area contributed by atoms with Crippen LogP contribution in [0.1, 0.15) is 33.0 Å². The number of hydrogen-bond acceptors (Lipinski definition) is 4. The van der Waals surface area contributed by atoms with Crippen LogP contribution in [-0.2, 0) is 17.9 Å². The Morgan fingerprint density at radius 3 is 2.90 bits per heavy atom. The van der Waals surface area contributed by atoms with E-state index in [1.54, 1.807) is 9.47 Å². The van der Waals surface area contributed by atoms with E-state index in [1.807, 2.05) is 0 Å². The molecule has 0 aliphatic carbocycles. The normalized spacial score (nSPS) is 20.9. The number of likely N-dealkylation sites (tertiary alicyclic amines) is 1. The Bertz CT molecular complexity index is 643. The molecule has 110 valence electrons. The van der Waals surface area contributed by atoms with Crippen LogP contribution in [0.25, 0.3) is 0 Å². The van der Waals surface area contributed by atoms with Gasteiger partial charge in [0.25, 0.3) is 5.91 Å². The minimum Gasteiger partial charge on any atom is -0.478 e. The molecule has 3 heterocycles. The van der Waals surface area contributed by atoms with Crippen LogP contribution in [0.15, 0.2) is 6.07 Å². The molecule has 1 amide bonds. The van der Waals surface area contributed by atoms with Crippen LogP contribution in [0, 0.1) is 17.2 Å². The molecule has 1 aromatic rings. The lowest BCUT2D eigenvalue weighted by Gasteiger charge is -2.21. The number of fused-ring (bicyclic) bond motifs is 1. The maximum absolute atomic E-state index is 12.6. The summed E-state index contributed by atoms with van der Waals surface area (Å²) in [7, 11) is 0. The number of aromatic carboxylic acids is 1. The number of amides is 1. The molecule has 7 nitrogen and oxygen atoms in total. The molecule has 0 bridgehead atoms. The number of carbonyl (C=O) groups excluding carboxylic acids is 1. The molecule has 0 spiro atoms. The Kier molecular flexibility index (Phi) is 3.39. The molecule has 1 saturated heterocycles. The summed E-state index contributed by atoms with van der Waals surface area (Å²) in [6, 6.07) is 3.60. The average Bonchev–Trinajstić information content (AvgIpc) is 3.11. The van der Waals surface area contributed by atoms with Crippen LogP contribution >= 0.6 is 0 Å². The number of carbonyl (C=O) groups is 2. The number of nitriles is 1. The zero-order valence-corrected chi connectivity index (χ0v) is 11.4. The van der Waals surface area contributed by atoms with Crippen molar-refractivity contribution < 1.29 is 19.4 Å². The van der Waals surface area contributed by atoms with E-state index in [1.165, 1.54) is 6.07 Å². The van der Waals surface area contributed by atoms with Gasteiger partial charge < -0.3 is 19.3 Å². The molecule has 0 saturated carbocycles. The molecule has 1 fully saturated rings. The summed E-state index contributed by atoms with van der Waals surface area (Å²) in [6.45, 7) is 2.09. The molecule has 2 aliphatic heterocycles. The highest BCUT2D eigenvalue weighted by Gasteiger charge is 2.31. The number of hydrogen-bond donors (Lipinski definition) is 1. The first-order valence-corrected chi connectivity index (χ1v) is 6.84. The maximum Gasteiger partial charge on any atom is 0.337 e. The predicted octanol–water partition coefficient (Wildman–Crippen LogP) is 0.702. The second kappa shape index (κ2) is 5.22. The SMILES string of the molecule is N#CC1CCN(C(=O)c2cc(C(=O)O)c3n2CCOC3)C1. The topological polar surface area (TPSA) is 95.6 Å². The van der Waals surface area contributed by atoms with Gasteiger partial charge in [-0.3, -0.25) is 4.79 Å². The maximum atomic E-state index is 12.6. The molecule has 1 aromatic heterocycles. The van der Waals surface area contributed by atoms with E-state index in [9.17, 15) is 14.7 Å². The summed E-state index contributed by atoms with van der Waals surface area (Å²) in [4.78, 5) is 25.5. The molecule has 1 unspecified atom stereocenters. The van der Waals surface area contributed by atoms with Crippen molar-refractivity contribution in [2.24, 2.45) is 5.92 Å². The first-order valence-electron chi connectivity index (χ1n) is 6.84. The van der Waals surface area contributed by atoms with Gasteiger partial charge in [-0.1, -0.05) is 0 Å². The Morgan fingerprint density at radius 1 is 1.43 bits per heavy atom. The molecule has 7 heteroatoms. The van der Waals surface area contributed by atoms with Gasteiger partial charge in [0.15, 0.2) is 0 Å². The molecule has 3 rings (SSSR count). The molecule has 2 aliphatic rings. The molecule has 1 N–H and O–H groups in total. The lowest BCUT2D eigenvalue weighted by Crippen LogP contribution is -2.31. The predicted molar refractivity (Wildman–Crippen MR) is 70.7 cm³/mol. The standard InChI is InChI=1S/C14H15N3O4/c15-6-9-1-2-16(7-9)13(18)11-5-10(14(19)20)12-8-21-4-3-17(11)12/h5,9H,1-4,7-8H2,(H,19,20). The Labute approximate surface area is 121 Å². The molecule has 0 aromatic carbocycles. The Hall–Kier alpha value is -2.33. The fourth-order valence-corrected chi connectivity index (χ4v) is 2.90. The summed E-state index contributed by atoms with van der Waals surface area (Å²) in [6.07, 6.45) is 0.671. The number of ether oxygens (including phenoxy) is 1. The van der Waals surface area contributed by atoms with Crippen LogP contribution in [0.5, 0.6) is 0 Å². The van der Waals surface area contributed by atoms with E-state index >= 15 is 0 Å². The van der Waals surface area contributed by atoms with E-state index in [0.717, 1.165) is 0 Å². The van der Waals surface area contributed by atoms with Gasteiger partial charge in [0.05, 0.1) is 36.5 Å². The van der Waals surface area contributed by atoms with Crippen LogP contribution in [-0.4, -0.2) is 46.1 Å². The fraction of sp³-hybridized carbons (Fsp3) is 0.500. The highest BCUT2D eigenvalue weighted by atomic mass is 16.5. The number of rotatable bonds is 2. The van der Waals surface area contributed by atoms with E-state index in [0.29, 0.717) is 44.0 Å². The van der Waals surface area contributed by atoms with Gasteiger partial charge in [0.2, 0.25) is 0 Å². The third-order valence-corrected chi connectivity index (χ3v) is 4.01. The number of nitrogens with zero attached hydrogens (tertiary/aromatic N) is 3. The average molecular weight is 289 g/mol. The van der Waals surface area contributed by atoms with Gasteiger partial charge in [0.1, 0.15) is 5.69 Å². The first-order chi connectivity index (χ1) is 10.1. The highest BCUT2D eigenvalue weighted by molar-refractivity contribution is 5.98. The molecular weight excluding hydrogens is 274 g/mol. The van der Waals surface area contributed by atoms with E-state index < -0.39 is 5.97 Å². The third kappa shape index (κ3) is 2.28. The molecular formula is C14H15N3O4. The number of aromatic nitrogens is 1. The third-order valence-electron chi connectivity index (χ3n) is 4.01. The summed E-state index contributed by atoms with van der Waals surface area (Å²) < 4.78 is 7.02. The van der Waals surface area contributed by atoms with Crippen molar-refractivity contribution in [2.45, 2.75) is 19.6 Å². The van der Waals surface area contributed by atoms with Crippen LogP contribution < -0.4 is 0 Å². The van der Waals surface area contributed by atoms with Crippen molar-refractivity contribution >= 4 is 11.9 Å². The Balaban J connectivity index is 1.94. The van der Waals surface area contributed by atoms with Crippen LogP contribution in [0.4, 0.5) is 0 Å². The number of carboxylic acids is 1. The van der Waals surface area contributed by atoms with Crippen molar-refractivity contribution in [1.29, 1.82) is 5.26 Å². The summed E-state index contributed by atoms with van der Waals surface area (Å²) in [5, 5.41) is 18.2. The van der Waals surface area contributed by atoms with Crippen LogP contribution in [0.2, 0.25) is 0 Å². The monoisotopic (exact) mass is 289 g/mol. The molecule has 1 atom stereocenters. The quantitative estimate of drug-likeness (QED) is 0.864. The van der Waals surface area contributed by atoms with Gasteiger partial charge in [-0.2, -0.15) is 5.26 Å². The minimum absolute atomic E-state index is 0.120.